The summed E-state index contributed by atoms with van der Waals surface area (Å²) in [5, 5.41) is 9.96. The highest BCUT2D eigenvalue weighted by Crippen LogP contribution is 2.50. The molecule has 1 N–H and O–H groups in total. The number of carbonyl (C=O) groups is 3. The number of halogens is 5. The third kappa shape index (κ3) is 6.36. The van der Waals surface area contributed by atoms with Gasteiger partial charge in [0.05, 0.1) is 17.8 Å². The molecule has 2 aliphatic heterocycles. The van der Waals surface area contributed by atoms with Gasteiger partial charge < -0.3 is 10.2 Å². The fraction of sp³-hybridized carbons (Fsp3) is 0.522. The highest BCUT2D eigenvalue weighted by Gasteiger charge is 2.60. The normalized spacial score (nSPS) is 24.2. The number of azo groups is 1. The van der Waals surface area contributed by atoms with Crippen LogP contribution in [0, 0.1) is 23.4 Å². The lowest BCUT2D eigenvalue weighted by Crippen LogP contribution is -2.65. The Hall–Kier alpha value is -2.13. The fourth-order valence-electron chi connectivity index (χ4n) is 5.23. The van der Waals surface area contributed by atoms with Crippen LogP contribution in [0.25, 0.3) is 0 Å². The summed E-state index contributed by atoms with van der Waals surface area (Å²) in [6.45, 7) is 3.38. The van der Waals surface area contributed by atoms with E-state index in [-0.39, 0.29) is 71.1 Å². The van der Waals surface area contributed by atoms with Crippen LogP contribution in [0.5, 0.6) is 0 Å². The number of ketones is 1. The minimum absolute atomic E-state index is 0. The maximum Gasteiger partial charge on any atom is 0.312 e. The van der Waals surface area contributed by atoms with E-state index in [1.807, 2.05) is 0 Å². The van der Waals surface area contributed by atoms with Crippen molar-refractivity contribution in [2.75, 3.05) is 6.54 Å². The molecule has 1 aromatic rings. The van der Waals surface area contributed by atoms with Crippen molar-refractivity contribution in [2.45, 2.75) is 63.1 Å². The Balaban J connectivity index is 0.00000241. The first-order chi connectivity index (χ1) is 16.3. The topological polar surface area (TPSA) is 91.2 Å². The first-order valence-corrected chi connectivity index (χ1v) is 11.1. The number of hydrogen-bond donors (Lipinski definition) is 1. The number of rotatable bonds is 5. The zero-order valence-electron chi connectivity index (χ0n) is 20.5. The van der Waals surface area contributed by atoms with Gasteiger partial charge in [0, 0.05) is 37.3 Å². The average molecular weight is 601 g/mol. The van der Waals surface area contributed by atoms with E-state index in [4.69, 9.17) is 0 Å². The zero-order valence-corrected chi connectivity index (χ0v) is 23.5. The lowest BCUT2D eigenvalue weighted by Gasteiger charge is -2.47. The van der Waals surface area contributed by atoms with Crippen LogP contribution in [0.15, 0.2) is 34.1 Å². The number of alkyl halides is 2. The molecule has 1 saturated carbocycles. The Morgan fingerprint density at radius 3 is 2.13 bits per heavy atom. The summed E-state index contributed by atoms with van der Waals surface area (Å²) in [7, 11) is 0. The van der Waals surface area contributed by atoms with Crippen molar-refractivity contribution in [3.63, 3.8) is 0 Å². The first-order valence-electron chi connectivity index (χ1n) is 11.1. The Morgan fingerprint density at radius 2 is 1.63 bits per heavy atom. The number of nitrogens with zero attached hydrogens (tertiary/aromatic N) is 3. The molecule has 0 radical (unpaired) electrons. The zero-order chi connectivity index (χ0) is 25.7. The largest absolute Gasteiger partial charge is 0.336 e. The summed E-state index contributed by atoms with van der Waals surface area (Å²) in [6.07, 6.45) is -0.103. The second-order valence-corrected chi connectivity index (χ2v) is 9.42. The van der Waals surface area contributed by atoms with Crippen molar-refractivity contribution in [3.8, 4) is 0 Å². The molecule has 2 amide bonds. The number of carbonyl (C=O) groups excluding carboxylic acids is 3. The van der Waals surface area contributed by atoms with Crippen LogP contribution in [0.1, 0.15) is 38.7 Å². The van der Waals surface area contributed by atoms with E-state index in [0.717, 1.165) is 12.1 Å². The van der Waals surface area contributed by atoms with E-state index in [1.165, 1.54) is 11.0 Å². The van der Waals surface area contributed by atoms with Gasteiger partial charge in [0.15, 0.2) is 17.5 Å². The van der Waals surface area contributed by atoms with Crippen molar-refractivity contribution in [2.24, 2.45) is 16.1 Å². The fourth-order valence-corrected chi connectivity index (χ4v) is 5.23. The van der Waals surface area contributed by atoms with E-state index >= 15 is 0 Å². The molecule has 3 aliphatic rings. The monoisotopic (exact) mass is 600 g/mol. The SMILES string of the molecule is C[C@H]1C[C@H](C(=O)Cc2cc(F)c(F)c(F)c2)[C@H](C)N1C(=O)C(=O)NC1(C2=CCN=N2)CC(F)(F)C1.S.S.S. The number of likely N-dealkylation sites (tertiary alicyclic amines) is 1. The Kier molecular flexibility index (Phi) is 11.0. The Bertz CT molecular complexity index is 1140. The molecule has 212 valence electrons. The van der Waals surface area contributed by atoms with Gasteiger partial charge >= 0.3 is 11.8 Å². The van der Waals surface area contributed by atoms with Crippen molar-refractivity contribution in [1.82, 2.24) is 10.2 Å². The summed E-state index contributed by atoms with van der Waals surface area (Å²) in [6, 6.07) is 0.190. The molecule has 4 rings (SSSR count). The molecule has 0 unspecified atom stereocenters. The second kappa shape index (κ2) is 12.4. The van der Waals surface area contributed by atoms with Crippen molar-refractivity contribution >= 4 is 58.1 Å². The summed E-state index contributed by atoms with van der Waals surface area (Å²) < 4.78 is 67.6. The van der Waals surface area contributed by atoms with E-state index in [2.05, 4.69) is 15.5 Å². The number of Topliss-reactive ketones (excluding diaryl/α,β-unsaturated/α-hetero) is 1. The van der Waals surface area contributed by atoms with Crippen LogP contribution in [-0.4, -0.2) is 52.6 Å². The molecule has 1 aliphatic carbocycles. The van der Waals surface area contributed by atoms with Gasteiger partial charge in [0.25, 0.3) is 5.92 Å². The van der Waals surface area contributed by atoms with Crippen LogP contribution < -0.4 is 5.32 Å². The number of hydrogen-bond acceptors (Lipinski definition) is 5. The van der Waals surface area contributed by atoms with E-state index in [9.17, 15) is 36.3 Å². The maximum absolute atomic E-state index is 13.7. The van der Waals surface area contributed by atoms with Gasteiger partial charge in [-0.1, -0.05) is 0 Å². The van der Waals surface area contributed by atoms with Crippen molar-refractivity contribution in [1.29, 1.82) is 0 Å². The van der Waals surface area contributed by atoms with E-state index < -0.39 is 77.4 Å². The number of benzene rings is 1. The summed E-state index contributed by atoms with van der Waals surface area (Å²) in [5.74, 6) is -10.7. The molecular weight excluding hydrogens is 571 g/mol. The molecule has 1 saturated heterocycles. The quantitative estimate of drug-likeness (QED) is 0.317. The average Bonchev–Trinajstić information content (AvgIpc) is 3.38. The first kappa shape index (κ1) is 33.9. The minimum atomic E-state index is -3.01. The number of amides is 2. The third-order valence-electron chi connectivity index (χ3n) is 6.86. The maximum atomic E-state index is 13.7. The van der Waals surface area contributed by atoms with Gasteiger partial charge in [0.2, 0.25) is 0 Å². The smallest absolute Gasteiger partial charge is 0.312 e. The van der Waals surface area contributed by atoms with Crippen LogP contribution in [0.4, 0.5) is 22.0 Å². The van der Waals surface area contributed by atoms with E-state index in [0.29, 0.717) is 0 Å². The van der Waals surface area contributed by atoms with Crippen molar-refractivity contribution in [3.05, 3.63) is 46.9 Å². The van der Waals surface area contributed by atoms with Gasteiger partial charge in [-0.15, -0.1) is 0 Å². The summed E-state index contributed by atoms with van der Waals surface area (Å²) in [5.41, 5.74) is -1.37. The Morgan fingerprint density at radius 1 is 1.05 bits per heavy atom. The minimum Gasteiger partial charge on any atom is -0.336 e. The lowest BCUT2D eigenvalue weighted by molar-refractivity contribution is -0.155. The van der Waals surface area contributed by atoms with Gasteiger partial charge in [0.1, 0.15) is 5.78 Å². The third-order valence-corrected chi connectivity index (χ3v) is 6.86. The molecule has 1 aromatic carbocycles. The highest BCUT2D eigenvalue weighted by atomic mass is 32.1. The van der Waals surface area contributed by atoms with Gasteiger partial charge in [-0.25, -0.2) is 22.0 Å². The molecule has 3 atom stereocenters. The van der Waals surface area contributed by atoms with Crippen LogP contribution >= 0.6 is 40.5 Å². The van der Waals surface area contributed by atoms with Crippen LogP contribution in [0.2, 0.25) is 0 Å². The van der Waals surface area contributed by atoms with Gasteiger partial charge in [-0.3, -0.25) is 14.4 Å². The van der Waals surface area contributed by atoms with Gasteiger partial charge in [-0.2, -0.15) is 50.7 Å². The predicted molar refractivity (Wildman–Crippen MR) is 143 cm³/mol. The summed E-state index contributed by atoms with van der Waals surface area (Å²) in [4.78, 5) is 39.9. The standard InChI is InChI=1S/C23H23F5N4O3.3H2S/c1-11-5-14(17(33)8-13-6-15(24)19(26)16(25)7-13)12(2)32(11)21(35)20(34)30-22(9-23(27,28)10-22)18-3-4-29-31-18;;;/h3,6-7,11-12,14H,4-5,8-10H2,1-2H3,(H,30,34);3*1H2/t11-,12-,14-;;;/m0.../s1. The molecule has 0 aromatic heterocycles. The summed E-state index contributed by atoms with van der Waals surface area (Å²) >= 11 is 0. The molecule has 0 bridgehead atoms. The Labute approximate surface area is 237 Å². The second-order valence-electron chi connectivity index (χ2n) is 9.42. The molecule has 2 fully saturated rings. The molecule has 15 heteroatoms. The predicted octanol–water partition coefficient (Wildman–Crippen LogP) is 3.81. The van der Waals surface area contributed by atoms with E-state index in [1.54, 1.807) is 13.8 Å². The van der Waals surface area contributed by atoms with Crippen molar-refractivity contribution < 1.29 is 36.3 Å². The van der Waals surface area contributed by atoms with Crippen LogP contribution in [0.3, 0.4) is 0 Å². The number of nitrogens with one attached hydrogen (secondary N) is 1. The molecule has 38 heavy (non-hydrogen) atoms. The molecule has 7 nitrogen and oxygen atoms in total. The van der Waals surface area contributed by atoms with Crippen LogP contribution in [-0.2, 0) is 20.8 Å². The molecular formula is C23H29F5N4O3S3. The highest BCUT2D eigenvalue weighted by molar-refractivity contribution is 7.59. The molecule has 0 spiro atoms. The van der Waals surface area contributed by atoms with Gasteiger partial charge in [-0.05, 0) is 44.0 Å². The lowest BCUT2D eigenvalue weighted by atomic mass is 9.71. The molecule has 2 heterocycles.